The summed E-state index contributed by atoms with van der Waals surface area (Å²) in [5.41, 5.74) is 1.20. The number of ether oxygens (including phenoxy) is 1. The van der Waals surface area contributed by atoms with Crippen molar-refractivity contribution in [3.8, 4) is 11.8 Å². The summed E-state index contributed by atoms with van der Waals surface area (Å²) in [6.45, 7) is 7.11. The first-order valence-corrected chi connectivity index (χ1v) is 7.35. The first-order chi connectivity index (χ1) is 10.3. The Morgan fingerprint density at radius 2 is 2.00 bits per heavy atom. The first-order valence-electron chi connectivity index (χ1n) is 7.35. The van der Waals surface area contributed by atoms with E-state index in [1.165, 1.54) is 5.69 Å². The molecular weight excluding hydrogens is 266 g/mol. The molecule has 112 valence electrons. The smallest absolute Gasteiger partial charge is 0.322 e. The lowest BCUT2D eigenvalue weighted by molar-refractivity contribution is 0.312. The van der Waals surface area contributed by atoms with Crippen LogP contribution in [0, 0.1) is 0 Å². The van der Waals surface area contributed by atoms with Crippen molar-refractivity contribution in [1.82, 2.24) is 19.7 Å². The van der Waals surface area contributed by atoms with Gasteiger partial charge in [-0.1, -0.05) is 11.2 Å². The Morgan fingerprint density at radius 1 is 1.19 bits per heavy atom. The number of hydrogen-bond donors (Lipinski definition) is 0. The van der Waals surface area contributed by atoms with Crippen molar-refractivity contribution in [3.63, 3.8) is 0 Å². The van der Waals surface area contributed by atoms with Crippen molar-refractivity contribution >= 4 is 5.69 Å². The summed E-state index contributed by atoms with van der Waals surface area (Å²) in [5, 5.41) is 7.89. The summed E-state index contributed by atoms with van der Waals surface area (Å²) in [4.78, 5) is 4.73. The summed E-state index contributed by atoms with van der Waals surface area (Å²) in [6, 6.07) is 8.71. The fourth-order valence-electron chi connectivity index (χ4n) is 2.45. The highest BCUT2D eigenvalue weighted by atomic mass is 16.5. The average Bonchev–Trinajstić information content (AvgIpc) is 2.95. The van der Waals surface area contributed by atoms with Crippen LogP contribution in [0.4, 0.5) is 5.69 Å². The molecule has 1 saturated heterocycles. The van der Waals surface area contributed by atoms with E-state index in [-0.39, 0.29) is 0 Å². The average molecular weight is 287 g/mol. The topological polar surface area (TPSA) is 46.4 Å². The van der Waals surface area contributed by atoms with E-state index in [0.717, 1.165) is 38.5 Å². The Hall–Kier alpha value is -2.08. The zero-order valence-electron chi connectivity index (χ0n) is 12.6. The van der Waals surface area contributed by atoms with E-state index in [9.17, 15) is 0 Å². The number of likely N-dealkylation sites (N-methyl/N-ethyl adjacent to an activating group) is 1. The van der Waals surface area contributed by atoms with Crippen LogP contribution in [-0.4, -0.2) is 52.9 Å². The number of benzene rings is 1. The van der Waals surface area contributed by atoms with Crippen LogP contribution in [0.25, 0.3) is 0 Å². The highest BCUT2D eigenvalue weighted by molar-refractivity contribution is 5.51. The van der Waals surface area contributed by atoms with Gasteiger partial charge < -0.3 is 14.5 Å². The molecule has 6 heteroatoms. The van der Waals surface area contributed by atoms with Crippen molar-refractivity contribution < 1.29 is 4.74 Å². The summed E-state index contributed by atoms with van der Waals surface area (Å²) in [5.74, 6) is 0.800. The number of aromatic nitrogens is 3. The molecule has 1 aromatic heterocycles. The van der Waals surface area contributed by atoms with Gasteiger partial charge in [0.05, 0.1) is 0 Å². The van der Waals surface area contributed by atoms with Crippen molar-refractivity contribution in [3.05, 3.63) is 30.6 Å². The molecule has 0 amide bonds. The Bertz CT molecular complexity index is 589. The van der Waals surface area contributed by atoms with Crippen LogP contribution in [0.3, 0.4) is 0 Å². The summed E-state index contributed by atoms with van der Waals surface area (Å²) in [6.07, 6.45) is 1.68. The van der Waals surface area contributed by atoms with Gasteiger partial charge in [-0.2, -0.15) is 0 Å². The Morgan fingerprint density at radius 3 is 2.76 bits per heavy atom. The molecule has 0 saturated carbocycles. The fraction of sp³-hybridized carbons (Fsp3) is 0.467. The summed E-state index contributed by atoms with van der Waals surface area (Å²) < 4.78 is 7.72. The third kappa shape index (κ3) is 3.16. The van der Waals surface area contributed by atoms with Crippen molar-refractivity contribution in [2.24, 2.45) is 0 Å². The molecule has 0 spiro atoms. The van der Waals surface area contributed by atoms with Crippen molar-refractivity contribution in [2.75, 3.05) is 38.1 Å². The van der Waals surface area contributed by atoms with Crippen LogP contribution in [0.15, 0.2) is 30.6 Å². The fourth-order valence-corrected chi connectivity index (χ4v) is 2.45. The van der Waals surface area contributed by atoms with Crippen LogP contribution in [-0.2, 0) is 6.54 Å². The second-order valence-electron chi connectivity index (χ2n) is 5.29. The number of hydrogen-bond acceptors (Lipinski definition) is 5. The maximum Gasteiger partial charge on any atom is 0.322 e. The van der Waals surface area contributed by atoms with E-state index < -0.39 is 0 Å². The molecule has 0 unspecified atom stereocenters. The van der Waals surface area contributed by atoms with Crippen LogP contribution in [0.2, 0.25) is 0 Å². The lowest BCUT2D eigenvalue weighted by Gasteiger charge is -2.34. The van der Waals surface area contributed by atoms with E-state index in [0.29, 0.717) is 6.01 Å². The predicted molar refractivity (Wildman–Crippen MR) is 81.9 cm³/mol. The molecule has 0 N–H and O–H groups in total. The number of nitrogens with zero attached hydrogens (tertiary/aromatic N) is 5. The van der Waals surface area contributed by atoms with E-state index >= 15 is 0 Å². The van der Waals surface area contributed by atoms with Gasteiger partial charge >= 0.3 is 6.01 Å². The van der Waals surface area contributed by atoms with Gasteiger partial charge in [0.15, 0.2) is 0 Å². The minimum Gasteiger partial charge on any atom is -0.424 e. The van der Waals surface area contributed by atoms with Gasteiger partial charge in [0.2, 0.25) is 0 Å². The Labute approximate surface area is 124 Å². The molecule has 0 aliphatic carbocycles. The van der Waals surface area contributed by atoms with Gasteiger partial charge in [-0.25, -0.2) is 0 Å². The quantitative estimate of drug-likeness (QED) is 0.858. The zero-order valence-corrected chi connectivity index (χ0v) is 12.6. The van der Waals surface area contributed by atoms with Gasteiger partial charge in [-0.3, -0.25) is 4.57 Å². The van der Waals surface area contributed by atoms with Crippen molar-refractivity contribution in [2.45, 2.75) is 13.5 Å². The van der Waals surface area contributed by atoms with Crippen LogP contribution >= 0.6 is 0 Å². The largest absolute Gasteiger partial charge is 0.424 e. The van der Waals surface area contributed by atoms with E-state index in [1.807, 2.05) is 23.6 Å². The summed E-state index contributed by atoms with van der Waals surface area (Å²) >= 11 is 0. The Balaban J connectivity index is 1.74. The molecule has 3 rings (SSSR count). The monoisotopic (exact) mass is 287 g/mol. The Kier molecular flexibility index (Phi) is 4.06. The van der Waals surface area contributed by atoms with Gasteiger partial charge in [-0.15, -0.1) is 5.10 Å². The molecule has 1 fully saturated rings. The summed E-state index contributed by atoms with van der Waals surface area (Å²) in [7, 11) is 2.16. The van der Waals surface area contributed by atoms with Crippen molar-refractivity contribution in [1.29, 1.82) is 0 Å². The number of anilines is 1. The highest BCUT2D eigenvalue weighted by Crippen LogP contribution is 2.25. The molecule has 1 aliphatic rings. The van der Waals surface area contributed by atoms with E-state index in [1.54, 1.807) is 6.33 Å². The molecule has 0 radical (unpaired) electrons. The zero-order chi connectivity index (χ0) is 14.7. The number of rotatable bonds is 4. The molecule has 2 heterocycles. The van der Waals surface area contributed by atoms with Gasteiger partial charge in [0.1, 0.15) is 12.1 Å². The first kappa shape index (κ1) is 13.9. The molecule has 1 aromatic carbocycles. The second kappa shape index (κ2) is 6.13. The van der Waals surface area contributed by atoms with Gasteiger partial charge in [0, 0.05) is 44.5 Å². The second-order valence-corrected chi connectivity index (χ2v) is 5.29. The molecule has 2 aromatic rings. The standard InChI is InChI=1S/C15H21N5O/c1-3-19-12-16-17-15(19)21-14-6-4-5-13(11-14)20-9-7-18(2)8-10-20/h4-6,11-12H,3,7-10H2,1-2H3. The normalized spacial score (nSPS) is 16.2. The maximum absolute atomic E-state index is 5.85. The number of piperazine rings is 1. The minimum absolute atomic E-state index is 0.535. The number of aryl methyl sites for hydroxylation is 1. The maximum atomic E-state index is 5.85. The SMILES string of the molecule is CCn1cnnc1Oc1cccc(N2CCN(C)CC2)c1. The van der Waals surface area contributed by atoms with Crippen LogP contribution in [0.1, 0.15) is 6.92 Å². The minimum atomic E-state index is 0.535. The molecule has 1 aliphatic heterocycles. The molecule has 6 nitrogen and oxygen atoms in total. The molecule has 0 bridgehead atoms. The van der Waals surface area contributed by atoms with Crippen LogP contribution < -0.4 is 9.64 Å². The predicted octanol–water partition coefficient (Wildman–Crippen LogP) is 1.84. The lowest BCUT2D eigenvalue weighted by Crippen LogP contribution is -2.44. The van der Waals surface area contributed by atoms with Crippen LogP contribution in [0.5, 0.6) is 11.8 Å². The molecule has 21 heavy (non-hydrogen) atoms. The van der Waals surface area contributed by atoms with E-state index in [4.69, 9.17) is 4.74 Å². The third-order valence-electron chi connectivity index (χ3n) is 3.82. The van der Waals surface area contributed by atoms with E-state index in [2.05, 4.69) is 39.2 Å². The highest BCUT2D eigenvalue weighted by Gasteiger charge is 2.15. The molecule has 0 atom stereocenters. The van der Waals surface area contributed by atoms with Gasteiger partial charge in [0.25, 0.3) is 0 Å². The third-order valence-corrected chi connectivity index (χ3v) is 3.82. The lowest BCUT2D eigenvalue weighted by atomic mass is 10.2. The molecular formula is C15H21N5O. The van der Waals surface area contributed by atoms with Gasteiger partial charge in [-0.05, 0) is 26.1 Å².